The minimum atomic E-state index is 0.545. The fourth-order valence-corrected chi connectivity index (χ4v) is 0.656. The van der Waals surface area contributed by atoms with E-state index in [0.717, 1.165) is 11.3 Å². The molecule has 0 aliphatic rings. The zero-order valence-corrected chi connectivity index (χ0v) is 9.80. The Labute approximate surface area is 87.9 Å². The molecule has 2 heteroatoms. The largest absolute Gasteiger partial charge is 0.491 e. The first kappa shape index (κ1) is 15.5. The molecule has 0 saturated heterocycles. The van der Waals surface area contributed by atoms with E-state index in [1.165, 1.54) is 0 Å². The molecule has 2 nitrogen and oxygen atoms in total. The normalized spacial score (nSPS) is 9.86. The zero-order valence-electron chi connectivity index (χ0n) is 9.80. The third-order valence-electron chi connectivity index (χ3n) is 1.23. The average molecular weight is 198 g/mol. The molecular weight excluding hydrogens is 176 g/mol. The van der Waals surface area contributed by atoms with Crippen molar-refractivity contribution >= 4 is 0 Å². The lowest BCUT2D eigenvalue weighted by molar-refractivity contribution is 0.113. The molecule has 14 heavy (non-hydrogen) atoms. The van der Waals surface area contributed by atoms with Gasteiger partial charge in [-0.25, -0.2) is 0 Å². The number of ether oxygens (including phenoxy) is 2. The summed E-state index contributed by atoms with van der Waals surface area (Å²) < 4.78 is 10.2. The summed E-state index contributed by atoms with van der Waals surface area (Å²) in [7, 11) is 1.64. The van der Waals surface area contributed by atoms with Crippen LogP contribution in [0.2, 0.25) is 0 Å². The van der Waals surface area contributed by atoms with Crippen LogP contribution in [0.1, 0.15) is 20.8 Å². The van der Waals surface area contributed by atoms with E-state index in [1.807, 2.05) is 20.8 Å². The molecule has 0 radical (unpaired) electrons. The summed E-state index contributed by atoms with van der Waals surface area (Å²) in [5, 5.41) is 0. The zero-order chi connectivity index (χ0) is 11.4. The summed E-state index contributed by atoms with van der Waals surface area (Å²) in [6.07, 6.45) is 3.47. The van der Waals surface area contributed by atoms with E-state index in [0.29, 0.717) is 13.2 Å². The van der Waals surface area contributed by atoms with E-state index < -0.39 is 0 Å². The van der Waals surface area contributed by atoms with Crippen LogP contribution in [0.5, 0.6) is 0 Å². The lowest BCUT2D eigenvalue weighted by atomic mass is 10.2. The predicted molar refractivity (Wildman–Crippen MR) is 62.3 cm³/mol. The Balaban J connectivity index is 0. The van der Waals surface area contributed by atoms with E-state index >= 15 is 0 Å². The molecule has 0 atom stereocenters. The summed E-state index contributed by atoms with van der Waals surface area (Å²) in [6.45, 7) is 14.4. The molecule has 0 aromatic heterocycles. The molecule has 0 unspecified atom stereocenters. The lowest BCUT2D eigenvalue weighted by Gasteiger charge is -2.08. The first-order valence-corrected chi connectivity index (χ1v) is 4.82. The molecule has 0 heterocycles. The van der Waals surface area contributed by atoms with E-state index in [1.54, 1.807) is 19.3 Å². The van der Waals surface area contributed by atoms with Gasteiger partial charge in [-0.15, -0.1) is 0 Å². The van der Waals surface area contributed by atoms with Crippen LogP contribution in [0.25, 0.3) is 0 Å². The van der Waals surface area contributed by atoms with Gasteiger partial charge in [-0.2, -0.15) is 0 Å². The first-order chi connectivity index (χ1) is 6.72. The second kappa shape index (κ2) is 12.0. The van der Waals surface area contributed by atoms with Crippen molar-refractivity contribution in [3.8, 4) is 0 Å². The van der Waals surface area contributed by atoms with Gasteiger partial charge in [0.1, 0.15) is 12.4 Å². The third-order valence-corrected chi connectivity index (χ3v) is 1.23. The molecule has 0 aromatic rings. The molecule has 0 aliphatic carbocycles. The molecule has 0 saturated carbocycles. The molecular formula is C12H22O2. The topological polar surface area (TPSA) is 18.5 Å². The number of hydrogen-bond donors (Lipinski definition) is 0. The van der Waals surface area contributed by atoms with Crippen molar-refractivity contribution in [1.29, 1.82) is 0 Å². The quantitative estimate of drug-likeness (QED) is 0.370. The summed E-state index contributed by atoms with van der Waals surface area (Å²) in [4.78, 5) is 0. The Bertz CT molecular complexity index is 181. The number of methoxy groups -OCH3 is 1. The summed E-state index contributed by atoms with van der Waals surface area (Å²) in [6, 6.07) is 0. The molecule has 0 aromatic carbocycles. The van der Waals surface area contributed by atoms with Gasteiger partial charge in [0, 0.05) is 7.11 Å². The van der Waals surface area contributed by atoms with Gasteiger partial charge in [-0.1, -0.05) is 33.1 Å². The van der Waals surface area contributed by atoms with Gasteiger partial charge >= 0.3 is 0 Å². The number of allylic oxidation sites excluding steroid dienone is 3. The van der Waals surface area contributed by atoms with Crippen molar-refractivity contribution in [2.45, 2.75) is 20.8 Å². The molecule has 82 valence electrons. The van der Waals surface area contributed by atoms with Crippen LogP contribution in [0.3, 0.4) is 0 Å². The standard InChI is InChI=1S/C10H16O2.C2H6/c1-5-6-10(9(2)3)12-8-7-11-4;1-2/h5-6H,1-2,7-8H2,3-4H3;1-2H3/b10-6+;. The summed E-state index contributed by atoms with van der Waals surface area (Å²) in [5.41, 5.74) is 0.894. The maximum Gasteiger partial charge on any atom is 0.121 e. The highest BCUT2D eigenvalue weighted by atomic mass is 16.5. The van der Waals surface area contributed by atoms with Crippen LogP contribution in [0.15, 0.2) is 36.6 Å². The molecule has 0 N–H and O–H groups in total. The molecule has 0 spiro atoms. The van der Waals surface area contributed by atoms with Crippen LogP contribution in [0, 0.1) is 0 Å². The second-order valence-corrected chi connectivity index (χ2v) is 2.39. The Kier molecular flexibility index (Phi) is 13.2. The van der Waals surface area contributed by atoms with Gasteiger partial charge in [0.2, 0.25) is 0 Å². The second-order valence-electron chi connectivity index (χ2n) is 2.39. The molecule has 0 fully saturated rings. The van der Waals surface area contributed by atoms with E-state index in [4.69, 9.17) is 9.47 Å². The molecule has 0 bridgehead atoms. The van der Waals surface area contributed by atoms with E-state index in [2.05, 4.69) is 13.2 Å². The molecule has 0 aliphatic heterocycles. The Morgan fingerprint density at radius 2 is 1.86 bits per heavy atom. The number of rotatable bonds is 6. The molecule has 0 rings (SSSR count). The smallest absolute Gasteiger partial charge is 0.121 e. The monoisotopic (exact) mass is 198 g/mol. The minimum absolute atomic E-state index is 0.545. The Morgan fingerprint density at radius 3 is 2.21 bits per heavy atom. The van der Waals surface area contributed by atoms with Crippen molar-refractivity contribution in [2.75, 3.05) is 20.3 Å². The summed E-state index contributed by atoms with van der Waals surface area (Å²) in [5.74, 6) is 0.766. The van der Waals surface area contributed by atoms with Crippen LogP contribution < -0.4 is 0 Å². The highest BCUT2D eigenvalue weighted by Crippen LogP contribution is 2.07. The SMILES string of the molecule is C=C/C=C(/OCCOC)C(=C)C.CC. The fraction of sp³-hybridized carbons (Fsp3) is 0.500. The number of hydrogen-bond acceptors (Lipinski definition) is 2. The third kappa shape index (κ3) is 9.07. The van der Waals surface area contributed by atoms with Crippen molar-refractivity contribution in [3.05, 3.63) is 36.6 Å². The highest BCUT2D eigenvalue weighted by molar-refractivity contribution is 5.23. The van der Waals surface area contributed by atoms with Gasteiger partial charge in [0.25, 0.3) is 0 Å². The van der Waals surface area contributed by atoms with Crippen molar-refractivity contribution in [3.63, 3.8) is 0 Å². The van der Waals surface area contributed by atoms with Crippen molar-refractivity contribution in [2.24, 2.45) is 0 Å². The molecule has 0 amide bonds. The first-order valence-electron chi connectivity index (χ1n) is 4.82. The highest BCUT2D eigenvalue weighted by Gasteiger charge is 1.96. The van der Waals surface area contributed by atoms with Crippen LogP contribution in [-0.2, 0) is 9.47 Å². The lowest BCUT2D eigenvalue weighted by Crippen LogP contribution is -2.02. The Hall–Kier alpha value is -1.02. The van der Waals surface area contributed by atoms with Crippen molar-refractivity contribution in [1.82, 2.24) is 0 Å². The van der Waals surface area contributed by atoms with Crippen LogP contribution in [0.4, 0.5) is 0 Å². The maximum atomic E-state index is 5.35. The van der Waals surface area contributed by atoms with Gasteiger partial charge in [0.15, 0.2) is 0 Å². The fourth-order valence-electron chi connectivity index (χ4n) is 0.656. The summed E-state index contributed by atoms with van der Waals surface area (Å²) >= 11 is 0. The maximum absolute atomic E-state index is 5.35. The van der Waals surface area contributed by atoms with E-state index in [-0.39, 0.29) is 0 Å². The predicted octanol–water partition coefficient (Wildman–Crippen LogP) is 3.32. The van der Waals surface area contributed by atoms with Gasteiger partial charge < -0.3 is 9.47 Å². The van der Waals surface area contributed by atoms with Gasteiger partial charge in [-0.3, -0.25) is 0 Å². The van der Waals surface area contributed by atoms with Crippen molar-refractivity contribution < 1.29 is 9.47 Å². The van der Waals surface area contributed by atoms with Gasteiger partial charge in [0.05, 0.1) is 6.61 Å². The van der Waals surface area contributed by atoms with Crippen LogP contribution in [-0.4, -0.2) is 20.3 Å². The Morgan fingerprint density at radius 1 is 1.29 bits per heavy atom. The minimum Gasteiger partial charge on any atom is -0.491 e. The van der Waals surface area contributed by atoms with E-state index in [9.17, 15) is 0 Å². The average Bonchev–Trinajstić information content (AvgIpc) is 2.20. The van der Waals surface area contributed by atoms with Gasteiger partial charge in [-0.05, 0) is 18.6 Å². The van der Waals surface area contributed by atoms with Crippen LogP contribution >= 0.6 is 0 Å².